The van der Waals surface area contributed by atoms with Crippen LogP contribution in [-0.4, -0.2) is 53.0 Å². The molecule has 8 heteroatoms. The van der Waals surface area contributed by atoms with Crippen molar-refractivity contribution in [3.05, 3.63) is 35.7 Å². The minimum absolute atomic E-state index is 0.503. The molecule has 29 heavy (non-hydrogen) atoms. The number of imidazole rings is 1. The summed E-state index contributed by atoms with van der Waals surface area (Å²) in [6.45, 7) is 3.46. The average molecular weight is 398 g/mol. The van der Waals surface area contributed by atoms with Crippen LogP contribution < -0.4 is 15.4 Å². The summed E-state index contributed by atoms with van der Waals surface area (Å²) in [5.41, 5.74) is 4.64. The summed E-state index contributed by atoms with van der Waals surface area (Å²) in [4.78, 5) is 9.14. The van der Waals surface area contributed by atoms with Crippen LogP contribution in [0.3, 0.4) is 0 Å². The van der Waals surface area contributed by atoms with Crippen molar-refractivity contribution in [1.82, 2.24) is 24.9 Å². The van der Waals surface area contributed by atoms with Crippen molar-refractivity contribution in [2.45, 2.75) is 38.3 Å². The van der Waals surface area contributed by atoms with E-state index in [0.717, 1.165) is 46.4 Å². The lowest BCUT2D eigenvalue weighted by molar-refractivity contribution is 0.361. The van der Waals surface area contributed by atoms with Crippen LogP contribution in [0.15, 0.2) is 24.4 Å². The number of rotatable bonds is 4. The number of nitrogens with one attached hydrogen (secondary N) is 2. The van der Waals surface area contributed by atoms with Gasteiger partial charge in [0.1, 0.15) is 29.1 Å². The molecule has 2 N–H and O–H groups in total. The Balaban J connectivity index is 0.000000294. The van der Waals surface area contributed by atoms with Crippen LogP contribution in [0, 0.1) is 6.92 Å². The van der Waals surface area contributed by atoms with Crippen molar-refractivity contribution in [1.29, 1.82) is 0 Å². The van der Waals surface area contributed by atoms with Crippen molar-refractivity contribution in [3.8, 4) is 17.1 Å². The smallest absolute Gasteiger partial charge is 0.157 e. The van der Waals surface area contributed by atoms with Gasteiger partial charge in [0, 0.05) is 25.6 Å². The van der Waals surface area contributed by atoms with Crippen molar-refractivity contribution < 1.29 is 9.13 Å². The number of pyridine rings is 1. The van der Waals surface area contributed by atoms with Crippen LogP contribution in [0.1, 0.15) is 36.4 Å². The molecule has 1 saturated carbocycles. The van der Waals surface area contributed by atoms with E-state index in [4.69, 9.17) is 9.84 Å². The van der Waals surface area contributed by atoms with Crippen molar-refractivity contribution in [2.24, 2.45) is 0 Å². The SMILES string of the molecule is CNc1nc(-c2cnc3cc(OC)c(C4CC4)nn23)ccc1C.FC1CCNC1. The third-order valence-electron chi connectivity index (χ3n) is 5.27. The molecule has 4 heterocycles. The van der Waals surface area contributed by atoms with Gasteiger partial charge in [0.15, 0.2) is 5.65 Å². The molecular formula is C21H27FN6O. The maximum absolute atomic E-state index is 11.9. The Kier molecular flexibility index (Phi) is 5.62. The van der Waals surface area contributed by atoms with E-state index in [9.17, 15) is 4.39 Å². The summed E-state index contributed by atoms with van der Waals surface area (Å²) in [5.74, 6) is 2.20. The van der Waals surface area contributed by atoms with E-state index >= 15 is 0 Å². The van der Waals surface area contributed by atoms with Crippen LogP contribution in [-0.2, 0) is 0 Å². The summed E-state index contributed by atoms with van der Waals surface area (Å²) in [6, 6.07) is 6.01. The highest BCUT2D eigenvalue weighted by atomic mass is 19.1. The number of hydrogen-bond donors (Lipinski definition) is 2. The van der Waals surface area contributed by atoms with Gasteiger partial charge in [0.05, 0.1) is 19.0 Å². The van der Waals surface area contributed by atoms with Gasteiger partial charge < -0.3 is 15.4 Å². The number of hydrogen-bond acceptors (Lipinski definition) is 6. The molecule has 1 aliphatic carbocycles. The van der Waals surface area contributed by atoms with Gasteiger partial charge in [0.25, 0.3) is 0 Å². The molecule has 2 fully saturated rings. The molecule has 5 rings (SSSR count). The van der Waals surface area contributed by atoms with Crippen molar-refractivity contribution in [3.63, 3.8) is 0 Å². The fourth-order valence-corrected chi connectivity index (χ4v) is 3.43. The van der Waals surface area contributed by atoms with Crippen LogP contribution in [0.5, 0.6) is 5.75 Å². The fourth-order valence-electron chi connectivity index (χ4n) is 3.43. The highest BCUT2D eigenvalue weighted by molar-refractivity contribution is 5.63. The van der Waals surface area contributed by atoms with Gasteiger partial charge in [-0.1, -0.05) is 6.07 Å². The third-order valence-corrected chi connectivity index (χ3v) is 5.27. The van der Waals surface area contributed by atoms with Gasteiger partial charge in [-0.2, -0.15) is 5.10 Å². The Hall–Kier alpha value is -2.74. The summed E-state index contributed by atoms with van der Waals surface area (Å²) in [7, 11) is 3.56. The van der Waals surface area contributed by atoms with Crippen LogP contribution in [0.2, 0.25) is 0 Å². The van der Waals surface area contributed by atoms with Gasteiger partial charge in [-0.25, -0.2) is 18.9 Å². The molecule has 1 atom stereocenters. The molecule has 1 unspecified atom stereocenters. The van der Waals surface area contributed by atoms with E-state index in [1.54, 1.807) is 7.11 Å². The average Bonchev–Trinajstić information content (AvgIpc) is 3.33. The molecular weight excluding hydrogens is 371 g/mol. The monoisotopic (exact) mass is 398 g/mol. The normalized spacial score (nSPS) is 18.4. The molecule has 7 nitrogen and oxygen atoms in total. The maximum Gasteiger partial charge on any atom is 0.157 e. The predicted octanol–water partition coefficient (Wildman–Crippen LogP) is 3.35. The fraction of sp³-hybridized carbons (Fsp3) is 0.476. The second-order valence-corrected chi connectivity index (χ2v) is 7.49. The topological polar surface area (TPSA) is 76.4 Å². The van der Waals surface area contributed by atoms with E-state index in [2.05, 4.69) is 26.7 Å². The second kappa shape index (κ2) is 8.32. The number of aryl methyl sites for hydroxylation is 1. The van der Waals surface area contributed by atoms with Crippen molar-refractivity contribution in [2.75, 3.05) is 32.6 Å². The number of fused-ring (bicyclic) bond motifs is 1. The quantitative estimate of drug-likeness (QED) is 0.702. The zero-order chi connectivity index (χ0) is 20.4. The van der Waals surface area contributed by atoms with E-state index < -0.39 is 6.17 Å². The number of anilines is 1. The van der Waals surface area contributed by atoms with Crippen LogP contribution in [0.4, 0.5) is 10.2 Å². The first-order valence-electron chi connectivity index (χ1n) is 10.0. The molecule has 1 saturated heterocycles. The molecule has 0 aromatic carbocycles. The van der Waals surface area contributed by atoms with Crippen molar-refractivity contribution >= 4 is 11.5 Å². The van der Waals surface area contributed by atoms with Gasteiger partial charge in [0.2, 0.25) is 0 Å². The Morgan fingerprint density at radius 2 is 2.10 bits per heavy atom. The molecule has 3 aromatic heterocycles. The summed E-state index contributed by atoms with van der Waals surface area (Å²) in [6.07, 6.45) is 4.30. The van der Waals surface area contributed by atoms with E-state index in [1.165, 1.54) is 12.8 Å². The van der Waals surface area contributed by atoms with E-state index in [1.807, 2.05) is 36.8 Å². The van der Waals surface area contributed by atoms with Gasteiger partial charge in [-0.05, 0) is 44.4 Å². The number of alkyl halides is 1. The van der Waals surface area contributed by atoms with Crippen LogP contribution >= 0.6 is 0 Å². The Bertz CT molecular complexity index is 994. The first-order chi connectivity index (χ1) is 14.1. The molecule has 0 amide bonds. The first-order valence-corrected chi connectivity index (χ1v) is 10.0. The van der Waals surface area contributed by atoms with Crippen LogP contribution in [0.25, 0.3) is 17.0 Å². The molecule has 2 aliphatic rings. The Labute approximate surface area is 169 Å². The minimum atomic E-state index is -0.565. The van der Waals surface area contributed by atoms with Gasteiger partial charge >= 0.3 is 0 Å². The lowest BCUT2D eigenvalue weighted by Crippen LogP contribution is -2.08. The van der Waals surface area contributed by atoms with Gasteiger partial charge in [-0.3, -0.25) is 0 Å². The number of nitrogens with zero attached hydrogens (tertiary/aromatic N) is 4. The molecule has 1 aliphatic heterocycles. The summed E-state index contributed by atoms with van der Waals surface area (Å²) >= 11 is 0. The summed E-state index contributed by atoms with van der Waals surface area (Å²) < 4.78 is 19.2. The zero-order valence-corrected chi connectivity index (χ0v) is 17.1. The molecule has 154 valence electrons. The highest BCUT2D eigenvalue weighted by Crippen LogP contribution is 2.43. The second-order valence-electron chi connectivity index (χ2n) is 7.49. The van der Waals surface area contributed by atoms with E-state index in [-0.39, 0.29) is 0 Å². The minimum Gasteiger partial charge on any atom is -0.495 e. The Morgan fingerprint density at radius 1 is 1.28 bits per heavy atom. The third kappa shape index (κ3) is 4.17. The predicted molar refractivity (Wildman–Crippen MR) is 111 cm³/mol. The number of aromatic nitrogens is 4. The lowest BCUT2D eigenvalue weighted by atomic mass is 10.2. The maximum atomic E-state index is 11.9. The first kappa shape index (κ1) is 19.6. The molecule has 3 aromatic rings. The molecule has 0 radical (unpaired) electrons. The molecule has 0 spiro atoms. The zero-order valence-electron chi connectivity index (χ0n) is 17.1. The standard InChI is InChI=1S/C17H19N5O.C4H8FN/c1-10-4-7-12(20-17(10)18-2)13-9-19-15-8-14(23-3)16(11-5-6-11)21-22(13)15;5-4-1-2-6-3-4/h4,7-9,11H,5-6H2,1-3H3,(H,18,20);4,6H,1-3H2. The molecule has 0 bridgehead atoms. The number of methoxy groups -OCH3 is 1. The number of halogens is 1. The number of ether oxygens (including phenoxy) is 1. The van der Waals surface area contributed by atoms with Gasteiger partial charge in [-0.15, -0.1) is 0 Å². The summed E-state index contributed by atoms with van der Waals surface area (Å²) in [5, 5.41) is 10.8. The highest BCUT2D eigenvalue weighted by Gasteiger charge is 2.29. The van der Waals surface area contributed by atoms with E-state index in [0.29, 0.717) is 18.9 Å². The lowest BCUT2D eigenvalue weighted by Gasteiger charge is -2.09. The Morgan fingerprint density at radius 3 is 2.69 bits per heavy atom. The largest absolute Gasteiger partial charge is 0.495 e.